The molecule has 178 valence electrons. The van der Waals surface area contributed by atoms with E-state index in [1.54, 1.807) is 36.7 Å². The van der Waals surface area contributed by atoms with Gasteiger partial charge in [0.2, 0.25) is 16.0 Å². The van der Waals surface area contributed by atoms with Gasteiger partial charge in [-0.1, -0.05) is 36.4 Å². The van der Waals surface area contributed by atoms with Crippen molar-refractivity contribution in [1.29, 1.82) is 0 Å². The Balaban J connectivity index is 1.24. The maximum absolute atomic E-state index is 12.5. The second-order valence-corrected chi connectivity index (χ2v) is 9.40. The smallest absolute Gasteiger partial charge is 0.251 e. The summed E-state index contributed by atoms with van der Waals surface area (Å²) in [6.07, 6.45) is 6.16. The van der Waals surface area contributed by atoms with Crippen LogP contribution in [0.25, 0.3) is 0 Å². The average Bonchev–Trinajstić information content (AvgIpc) is 2.91. The van der Waals surface area contributed by atoms with Gasteiger partial charge in [0, 0.05) is 50.0 Å². The number of rotatable bonds is 10. The Morgan fingerprint density at radius 1 is 0.743 bits per heavy atom. The normalized spacial score (nSPS) is 11.1. The lowest BCUT2D eigenvalue weighted by Crippen LogP contribution is -2.24. The van der Waals surface area contributed by atoms with Gasteiger partial charge in [0.15, 0.2) is 0 Å². The molecule has 1 amide bonds. The van der Waals surface area contributed by atoms with E-state index in [-0.39, 0.29) is 17.3 Å². The van der Waals surface area contributed by atoms with Crippen LogP contribution >= 0.6 is 0 Å². The highest BCUT2D eigenvalue weighted by Gasteiger charge is 2.13. The van der Waals surface area contributed by atoms with Crippen LogP contribution in [0.3, 0.4) is 0 Å². The minimum Gasteiger partial charge on any atom is -0.350 e. The molecule has 10 heteroatoms. The van der Waals surface area contributed by atoms with E-state index >= 15 is 0 Å². The number of anilines is 1. The average molecular weight is 489 g/mol. The number of nitrogens with zero attached hydrogens (tertiary/aromatic N) is 3. The zero-order valence-electron chi connectivity index (χ0n) is 18.8. The molecule has 2 aromatic carbocycles. The quantitative estimate of drug-likeness (QED) is 0.313. The van der Waals surface area contributed by atoms with Gasteiger partial charge >= 0.3 is 0 Å². The highest BCUT2D eigenvalue weighted by molar-refractivity contribution is 7.89. The lowest BCUT2D eigenvalue weighted by Gasteiger charge is -2.09. The summed E-state index contributed by atoms with van der Waals surface area (Å²) in [6, 6.07) is 19.5. The van der Waals surface area contributed by atoms with Crippen molar-refractivity contribution in [1.82, 2.24) is 25.0 Å². The first-order chi connectivity index (χ1) is 17.0. The lowest BCUT2D eigenvalue weighted by molar-refractivity contribution is 0.0951. The number of aromatic nitrogens is 3. The molecule has 0 aliphatic carbocycles. The number of nitrogens with one attached hydrogen (secondary N) is 3. The van der Waals surface area contributed by atoms with Gasteiger partial charge in [-0.05, 0) is 47.0 Å². The number of benzene rings is 2. The summed E-state index contributed by atoms with van der Waals surface area (Å²) in [5.41, 5.74) is 3.27. The number of hydrogen-bond donors (Lipinski definition) is 3. The molecular formula is C25H24N6O3S. The van der Waals surface area contributed by atoms with Crippen molar-refractivity contribution in [3.63, 3.8) is 0 Å². The van der Waals surface area contributed by atoms with Crippen LogP contribution in [0.4, 0.5) is 5.95 Å². The molecule has 0 fully saturated rings. The number of hydrogen-bond acceptors (Lipinski definition) is 7. The second kappa shape index (κ2) is 11.3. The van der Waals surface area contributed by atoms with Crippen molar-refractivity contribution < 1.29 is 13.2 Å². The largest absolute Gasteiger partial charge is 0.350 e. The van der Waals surface area contributed by atoms with Gasteiger partial charge in [0.25, 0.3) is 5.91 Å². The zero-order valence-corrected chi connectivity index (χ0v) is 19.6. The summed E-state index contributed by atoms with van der Waals surface area (Å²) in [4.78, 5) is 24.7. The van der Waals surface area contributed by atoms with Gasteiger partial charge in [-0.3, -0.25) is 9.78 Å². The molecule has 0 atom stereocenters. The molecular weight excluding hydrogens is 464 g/mol. The third-order valence-electron chi connectivity index (χ3n) is 5.12. The number of amides is 1. The first kappa shape index (κ1) is 24.0. The molecule has 0 aliphatic rings. The molecule has 2 aromatic heterocycles. The van der Waals surface area contributed by atoms with Crippen molar-refractivity contribution in [3.8, 4) is 0 Å². The molecule has 9 nitrogen and oxygen atoms in total. The molecule has 0 saturated carbocycles. The van der Waals surface area contributed by atoms with Gasteiger partial charge in [-0.2, -0.15) is 0 Å². The number of pyridine rings is 1. The fourth-order valence-electron chi connectivity index (χ4n) is 3.17. The van der Waals surface area contributed by atoms with Crippen LogP contribution in [-0.2, 0) is 29.7 Å². The molecule has 0 aliphatic heterocycles. The van der Waals surface area contributed by atoms with E-state index in [0.717, 1.165) is 16.7 Å². The third kappa shape index (κ3) is 6.92. The van der Waals surface area contributed by atoms with Gasteiger partial charge in [0.1, 0.15) is 4.90 Å². The summed E-state index contributed by atoms with van der Waals surface area (Å²) in [5.74, 6) is 0.371. The fourth-order valence-corrected chi connectivity index (χ4v) is 4.15. The molecule has 0 spiro atoms. The molecule has 35 heavy (non-hydrogen) atoms. The molecule has 4 aromatic rings. The van der Waals surface area contributed by atoms with E-state index in [9.17, 15) is 13.2 Å². The van der Waals surface area contributed by atoms with Gasteiger partial charge in [-0.15, -0.1) is 0 Å². The lowest BCUT2D eigenvalue weighted by atomic mass is 10.1. The van der Waals surface area contributed by atoms with Gasteiger partial charge in [0.05, 0.1) is 0 Å². The van der Waals surface area contributed by atoms with E-state index in [1.807, 2.05) is 36.4 Å². The van der Waals surface area contributed by atoms with Gasteiger partial charge in [-0.25, -0.2) is 23.1 Å². The fraction of sp³-hybridized carbons (Fsp3) is 0.120. The molecule has 0 saturated heterocycles. The predicted molar refractivity (Wildman–Crippen MR) is 132 cm³/mol. The highest BCUT2D eigenvalue weighted by atomic mass is 32.2. The van der Waals surface area contributed by atoms with Crippen LogP contribution in [0.2, 0.25) is 0 Å². The predicted octanol–water partition coefficient (Wildman–Crippen LogP) is 2.89. The number of carbonyl (C=O) groups excluding carboxylic acids is 1. The number of carbonyl (C=O) groups is 1. The Bertz CT molecular complexity index is 1350. The molecule has 0 unspecified atom stereocenters. The van der Waals surface area contributed by atoms with Crippen molar-refractivity contribution >= 4 is 21.9 Å². The van der Waals surface area contributed by atoms with Crippen LogP contribution in [0.15, 0.2) is 96.4 Å². The zero-order chi connectivity index (χ0) is 24.5. The maximum atomic E-state index is 12.5. The third-order valence-corrected chi connectivity index (χ3v) is 6.51. The maximum Gasteiger partial charge on any atom is 0.251 e. The van der Waals surface area contributed by atoms with Crippen molar-refractivity contribution in [2.24, 2.45) is 0 Å². The summed E-state index contributed by atoms with van der Waals surface area (Å²) >= 11 is 0. The monoisotopic (exact) mass is 488 g/mol. The van der Waals surface area contributed by atoms with Crippen molar-refractivity contribution in [2.75, 3.05) is 5.32 Å². The molecule has 2 heterocycles. The van der Waals surface area contributed by atoms with Gasteiger partial charge < -0.3 is 10.6 Å². The SMILES string of the molecule is O=C(NCc1ccc(CNS(=O)(=O)c2cccnc2)cc1)c1ccc(CNc2ncccn2)cc1. The van der Waals surface area contributed by atoms with Crippen LogP contribution in [0.1, 0.15) is 27.0 Å². The van der Waals surface area contributed by atoms with E-state index < -0.39 is 10.0 Å². The standard InChI is InChI=1S/C25H24N6O3S/c32-24(22-10-8-20(9-11-22)16-30-25-27-13-2-14-28-25)29-15-19-4-6-21(7-5-19)17-31-35(33,34)23-3-1-12-26-18-23/h1-14,18,31H,15-17H2,(H,29,32)(H,27,28,30). The molecule has 0 radical (unpaired) electrons. The van der Waals surface area contributed by atoms with E-state index in [4.69, 9.17) is 0 Å². The second-order valence-electron chi connectivity index (χ2n) is 7.64. The first-order valence-electron chi connectivity index (χ1n) is 10.9. The summed E-state index contributed by atoms with van der Waals surface area (Å²) in [5, 5.41) is 6.02. The minimum absolute atomic E-state index is 0.119. The van der Waals surface area contributed by atoms with E-state index in [2.05, 4.69) is 30.3 Å². The molecule has 4 rings (SSSR count). The summed E-state index contributed by atoms with van der Waals surface area (Å²) in [6.45, 7) is 1.06. The summed E-state index contributed by atoms with van der Waals surface area (Å²) in [7, 11) is -3.62. The Labute approximate surface area is 203 Å². The Morgan fingerprint density at radius 3 is 2.03 bits per heavy atom. The van der Waals surface area contributed by atoms with E-state index in [0.29, 0.717) is 24.6 Å². The Kier molecular flexibility index (Phi) is 7.76. The Hall–Kier alpha value is -4.15. The van der Waals surface area contributed by atoms with Crippen LogP contribution < -0.4 is 15.4 Å². The van der Waals surface area contributed by atoms with Crippen LogP contribution in [0.5, 0.6) is 0 Å². The van der Waals surface area contributed by atoms with Crippen LogP contribution in [0, 0.1) is 0 Å². The minimum atomic E-state index is -3.62. The van der Waals surface area contributed by atoms with Crippen molar-refractivity contribution in [3.05, 3.63) is 114 Å². The van der Waals surface area contributed by atoms with Crippen molar-refractivity contribution in [2.45, 2.75) is 24.5 Å². The highest BCUT2D eigenvalue weighted by Crippen LogP contribution is 2.10. The first-order valence-corrected chi connectivity index (χ1v) is 12.3. The topological polar surface area (TPSA) is 126 Å². The molecule has 3 N–H and O–H groups in total. The number of sulfonamides is 1. The Morgan fingerprint density at radius 2 is 1.37 bits per heavy atom. The summed E-state index contributed by atoms with van der Waals surface area (Å²) < 4.78 is 27.2. The molecule has 0 bridgehead atoms. The van der Waals surface area contributed by atoms with Crippen LogP contribution in [-0.4, -0.2) is 29.3 Å². The van der Waals surface area contributed by atoms with E-state index in [1.165, 1.54) is 18.5 Å².